The summed E-state index contributed by atoms with van der Waals surface area (Å²) in [5, 5.41) is 5.00. The lowest BCUT2D eigenvalue weighted by Crippen LogP contribution is -2.33. The third-order valence-corrected chi connectivity index (χ3v) is 5.65. The lowest BCUT2D eigenvalue weighted by molar-refractivity contribution is 0.361. The summed E-state index contributed by atoms with van der Waals surface area (Å²) in [6, 6.07) is 5.41. The Kier molecular flexibility index (Phi) is 4.45. The smallest absolute Gasteiger partial charge is 0.350 e. The molecule has 1 aliphatic carbocycles. The summed E-state index contributed by atoms with van der Waals surface area (Å²) >= 11 is 0. The number of hydrogen-bond donors (Lipinski definition) is 2. The summed E-state index contributed by atoms with van der Waals surface area (Å²) < 4.78 is 6.14. The fourth-order valence-corrected chi connectivity index (χ4v) is 4.27. The minimum Gasteiger partial charge on any atom is -0.497 e. The molecule has 2 heterocycles. The predicted octanol–water partition coefficient (Wildman–Crippen LogP) is 3.25. The van der Waals surface area contributed by atoms with E-state index < -0.39 is 11.2 Å². The summed E-state index contributed by atoms with van der Waals surface area (Å²) in [5.74, 6) is 1.55. The van der Waals surface area contributed by atoms with Gasteiger partial charge < -0.3 is 14.7 Å². The van der Waals surface area contributed by atoms with Gasteiger partial charge in [0.15, 0.2) is 0 Å². The number of aromatic nitrogens is 3. The van der Waals surface area contributed by atoms with Gasteiger partial charge in [-0.3, -0.25) is 4.79 Å². The molecule has 2 aromatic heterocycles. The van der Waals surface area contributed by atoms with E-state index in [4.69, 9.17) is 4.74 Å². The van der Waals surface area contributed by atoms with Crippen molar-refractivity contribution in [2.75, 3.05) is 7.11 Å². The van der Waals surface area contributed by atoms with Crippen LogP contribution in [0.4, 0.5) is 0 Å². The molecule has 0 saturated heterocycles. The Hall–Kier alpha value is -3.09. The molecule has 0 spiro atoms. The Balaban J connectivity index is 1.81. The standard InChI is InChI=1S/C21H24N4O3/c1-11-7-12(2)16(13(3)8-11)10-22-25-20(26)19-18(24-21(25)27)15-9-14(28-4)5-6-17(15)23-19/h5-7,9-10,12-13,16,23H,8H2,1-4H3,(H,24,27)/t12-,13+,16+/m1/s1. The van der Waals surface area contributed by atoms with Gasteiger partial charge in [-0.1, -0.05) is 25.5 Å². The molecule has 0 radical (unpaired) electrons. The first-order chi connectivity index (χ1) is 13.4. The van der Waals surface area contributed by atoms with Crippen LogP contribution < -0.4 is 16.0 Å². The normalized spacial score (nSPS) is 22.9. The fourth-order valence-electron chi connectivity index (χ4n) is 4.27. The van der Waals surface area contributed by atoms with Gasteiger partial charge in [0.1, 0.15) is 11.3 Å². The number of methoxy groups -OCH3 is 1. The number of benzene rings is 1. The largest absolute Gasteiger partial charge is 0.497 e. The second kappa shape index (κ2) is 6.82. The van der Waals surface area contributed by atoms with E-state index in [1.807, 2.05) is 6.07 Å². The van der Waals surface area contributed by atoms with Crippen molar-refractivity contribution in [3.8, 4) is 5.75 Å². The van der Waals surface area contributed by atoms with Crippen molar-refractivity contribution in [2.24, 2.45) is 22.9 Å². The minimum absolute atomic E-state index is 0.178. The molecule has 0 unspecified atom stereocenters. The molecule has 0 saturated carbocycles. The van der Waals surface area contributed by atoms with Crippen molar-refractivity contribution in [1.29, 1.82) is 0 Å². The molecule has 3 atom stereocenters. The van der Waals surface area contributed by atoms with Gasteiger partial charge in [-0.2, -0.15) is 5.10 Å². The number of nitrogens with zero attached hydrogens (tertiary/aromatic N) is 2. The number of hydrogen-bond acceptors (Lipinski definition) is 4. The SMILES string of the molecule is COc1ccc2[nH]c3c(=O)n(N=C[C@H]4[C@H](C)C=C(C)C[C@@H]4C)c(=O)[nH]c3c2c1. The Morgan fingerprint density at radius 3 is 2.71 bits per heavy atom. The maximum absolute atomic E-state index is 12.9. The first kappa shape index (κ1) is 18.3. The molecule has 28 heavy (non-hydrogen) atoms. The van der Waals surface area contributed by atoms with Crippen LogP contribution in [0, 0.1) is 17.8 Å². The Morgan fingerprint density at radius 1 is 1.21 bits per heavy atom. The maximum Gasteiger partial charge on any atom is 0.350 e. The van der Waals surface area contributed by atoms with Crippen molar-refractivity contribution < 1.29 is 4.74 Å². The second-order valence-electron chi connectivity index (χ2n) is 7.73. The van der Waals surface area contributed by atoms with Crippen molar-refractivity contribution in [2.45, 2.75) is 27.2 Å². The van der Waals surface area contributed by atoms with E-state index in [0.717, 1.165) is 22.0 Å². The van der Waals surface area contributed by atoms with E-state index in [-0.39, 0.29) is 5.92 Å². The molecular weight excluding hydrogens is 356 g/mol. The summed E-state index contributed by atoms with van der Waals surface area (Å²) in [6.07, 6.45) is 4.97. The van der Waals surface area contributed by atoms with Crippen LogP contribution in [0.2, 0.25) is 0 Å². The van der Waals surface area contributed by atoms with Gasteiger partial charge in [0.2, 0.25) is 0 Å². The second-order valence-corrected chi connectivity index (χ2v) is 7.73. The van der Waals surface area contributed by atoms with E-state index in [1.165, 1.54) is 5.57 Å². The minimum atomic E-state index is -0.555. The zero-order valence-electron chi connectivity index (χ0n) is 16.4. The lowest BCUT2D eigenvalue weighted by Gasteiger charge is -2.29. The molecule has 4 rings (SSSR count). The monoisotopic (exact) mass is 380 g/mol. The molecule has 1 aromatic carbocycles. The third kappa shape index (κ3) is 2.96. The highest BCUT2D eigenvalue weighted by Crippen LogP contribution is 2.32. The average Bonchev–Trinajstić information content (AvgIpc) is 3.01. The summed E-state index contributed by atoms with van der Waals surface area (Å²) in [7, 11) is 1.57. The van der Waals surface area contributed by atoms with Crippen LogP contribution in [0.1, 0.15) is 27.2 Å². The van der Waals surface area contributed by atoms with E-state index in [2.05, 4.69) is 41.9 Å². The molecule has 7 heteroatoms. The first-order valence-corrected chi connectivity index (χ1v) is 9.45. The number of allylic oxidation sites excluding steroid dienone is 2. The number of rotatable bonds is 3. The zero-order valence-corrected chi connectivity index (χ0v) is 16.4. The molecule has 1 aliphatic rings. The highest BCUT2D eigenvalue weighted by atomic mass is 16.5. The van der Waals surface area contributed by atoms with Crippen LogP contribution in [-0.4, -0.2) is 28.0 Å². The third-order valence-electron chi connectivity index (χ3n) is 5.65. The van der Waals surface area contributed by atoms with Crippen molar-refractivity contribution in [3.63, 3.8) is 0 Å². The molecule has 0 amide bonds. The zero-order chi connectivity index (χ0) is 20.0. The Morgan fingerprint density at radius 2 is 2.00 bits per heavy atom. The molecule has 0 fully saturated rings. The molecule has 0 bridgehead atoms. The molecule has 7 nitrogen and oxygen atoms in total. The molecule has 0 aliphatic heterocycles. The number of ether oxygens (including phenoxy) is 1. The number of aromatic amines is 2. The molecule has 2 N–H and O–H groups in total. The van der Waals surface area contributed by atoms with Crippen LogP contribution in [0.3, 0.4) is 0 Å². The van der Waals surface area contributed by atoms with Gasteiger partial charge in [0, 0.05) is 23.0 Å². The lowest BCUT2D eigenvalue weighted by atomic mass is 9.76. The van der Waals surface area contributed by atoms with Crippen LogP contribution in [-0.2, 0) is 0 Å². The topological polar surface area (TPSA) is 92.2 Å². The molecular formula is C21H24N4O3. The number of fused-ring (bicyclic) bond motifs is 3. The van der Waals surface area contributed by atoms with Gasteiger partial charge in [-0.05, 0) is 43.4 Å². The summed E-state index contributed by atoms with van der Waals surface area (Å²) in [6.45, 7) is 6.44. The average molecular weight is 380 g/mol. The van der Waals surface area contributed by atoms with Crippen LogP contribution >= 0.6 is 0 Å². The van der Waals surface area contributed by atoms with Crippen molar-refractivity contribution in [1.82, 2.24) is 14.6 Å². The van der Waals surface area contributed by atoms with Crippen LogP contribution in [0.5, 0.6) is 5.75 Å². The quantitative estimate of drug-likeness (QED) is 0.540. The van der Waals surface area contributed by atoms with Crippen molar-refractivity contribution in [3.05, 3.63) is 50.7 Å². The van der Waals surface area contributed by atoms with E-state index in [0.29, 0.717) is 28.6 Å². The molecule has 146 valence electrons. The highest BCUT2D eigenvalue weighted by Gasteiger charge is 2.25. The van der Waals surface area contributed by atoms with E-state index >= 15 is 0 Å². The van der Waals surface area contributed by atoms with E-state index in [1.54, 1.807) is 25.5 Å². The van der Waals surface area contributed by atoms with Gasteiger partial charge in [0.05, 0.1) is 12.6 Å². The van der Waals surface area contributed by atoms with Gasteiger partial charge in [-0.15, -0.1) is 4.68 Å². The molecule has 3 aromatic rings. The number of nitrogens with one attached hydrogen (secondary N) is 2. The maximum atomic E-state index is 12.9. The van der Waals surface area contributed by atoms with Crippen molar-refractivity contribution >= 4 is 28.2 Å². The Labute approximate surface area is 161 Å². The summed E-state index contributed by atoms with van der Waals surface area (Å²) in [5.41, 5.74) is 1.89. The summed E-state index contributed by atoms with van der Waals surface area (Å²) in [4.78, 5) is 31.4. The van der Waals surface area contributed by atoms with Gasteiger partial charge in [-0.25, -0.2) is 4.79 Å². The van der Waals surface area contributed by atoms with Crippen LogP contribution in [0.25, 0.3) is 21.9 Å². The van der Waals surface area contributed by atoms with Gasteiger partial charge >= 0.3 is 11.2 Å². The van der Waals surface area contributed by atoms with Crippen LogP contribution in [0.15, 0.2) is 44.5 Å². The Bertz CT molecular complexity index is 1230. The van der Waals surface area contributed by atoms with Gasteiger partial charge in [0.25, 0.3) is 0 Å². The highest BCUT2D eigenvalue weighted by molar-refractivity contribution is 6.04. The predicted molar refractivity (Wildman–Crippen MR) is 111 cm³/mol. The fraction of sp³-hybridized carbons (Fsp3) is 0.381. The first-order valence-electron chi connectivity index (χ1n) is 9.45. The van der Waals surface area contributed by atoms with E-state index in [9.17, 15) is 9.59 Å². The number of H-pyrrole nitrogens is 2.